The Kier molecular flexibility index (Phi) is 4.43. The van der Waals surface area contributed by atoms with Gasteiger partial charge in [-0.25, -0.2) is 0 Å². The molecular formula is C17H24N4O2. The van der Waals surface area contributed by atoms with Gasteiger partial charge >= 0.3 is 0 Å². The summed E-state index contributed by atoms with van der Waals surface area (Å²) in [7, 11) is 0. The predicted octanol–water partition coefficient (Wildman–Crippen LogP) is 3.02. The number of ether oxygens (including phenoxy) is 1. The van der Waals surface area contributed by atoms with Crippen LogP contribution >= 0.6 is 0 Å². The van der Waals surface area contributed by atoms with E-state index in [9.17, 15) is 0 Å². The van der Waals surface area contributed by atoms with Crippen LogP contribution in [0, 0.1) is 0 Å². The molecule has 0 amide bonds. The molecule has 1 N–H and O–H groups in total. The van der Waals surface area contributed by atoms with E-state index in [2.05, 4.69) is 32.3 Å². The first-order valence-electron chi connectivity index (χ1n) is 8.67. The summed E-state index contributed by atoms with van der Waals surface area (Å²) in [6.45, 7) is 3.62. The van der Waals surface area contributed by atoms with Crippen LogP contribution in [0.15, 0.2) is 22.9 Å². The van der Waals surface area contributed by atoms with Crippen molar-refractivity contribution in [1.29, 1.82) is 0 Å². The molecule has 2 aromatic rings. The molecule has 2 saturated heterocycles. The fraction of sp³-hybridized carbons (Fsp3) is 0.647. The van der Waals surface area contributed by atoms with Gasteiger partial charge in [0.25, 0.3) is 0 Å². The van der Waals surface area contributed by atoms with Crippen LogP contribution < -0.4 is 0 Å². The summed E-state index contributed by atoms with van der Waals surface area (Å²) in [5.74, 6) is 1.96. The van der Waals surface area contributed by atoms with Crippen molar-refractivity contribution < 1.29 is 9.15 Å². The summed E-state index contributed by atoms with van der Waals surface area (Å²) in [6.07, 6.45) is 9.57. The summed E-state index contributed by atoms with van der Waals surface area (Å²) in [6, 6.07) is 2.38. The van der Waals surface area contributed by atoms with Gasteiger partial charge in [-0.3, -0.25) is 4.90 Å². The molecule has 4 heterocycles. The third-order valence-electron chi connectivity index (χ3n) is 4.97. The highest BCUT2D eigenvalue weighted by Crippen LogP contribution is 2.33. The monoisotopic (exact) mass is 316 g/mol. The molecule has 0 bridgehead atoms. The van der Waals surface area contributed by atoms with Crippen LogP contribution in [0.2, 0.25) is 0 Å². The number of H-pyrrole nitrogens is 1. The summed E-state index contributed by atoms with van der Waals surface area (Å²) in [5, 5.41) is 8.73. The number of likely N-dealkylation sites (tertiary alicyclic amines) is 1. The van der Waals surface area contributed by atoms with E-state index in [0.717, 1.165) is 57.3 Å². The van der Waals surface area contributed by atoms with Gasteiger partial charge in [0.05, 0.1) is 6.04 Å². The van der Waals surface area contributed by atoms with E-state index in [1.807, 2.05) is 6.20 Å². The Morgan fingerprint density at radius 2 is 2.00 bits per heavy atom. The Bertz CT molecular complexity index is 604. The van der Waals surface area contributed by atoms with Crippen molar-refractivity contribution >= 4 is 0 Å². The molecule has 0 unspecified atom stereocenters. The normalized spacial score (nSPS) is 24.1. The lowest BCUT2D eigenvalue weighted by Crippen LogP contribution is -2.33. The van der Waals surface area contributed by atoms with Gasteiger partial charge in [0, 0.05) is 38.1 Å². The maximum Gasteiger partial charge on any atom is 0.233 e. The quantitative estimate of drug-likeness (QED) is 0.939. The zero-order chi connectivity index (χ0) is 15.5. The van der Waals surface area contributed by atoms with Gasteiger partial charge in [0.15, 0.2) is 0 Å². The Labute approximate surface area is 136 Å². The van der Waals surface area contributed by atoms with Gasteiger partial charge in [-0.2, -0.15) is 0 Å². The standard InChI is InChI=1S/C17H24N4O2/c1-2-8-21(12-13-4-7-18-11-13)15(3-1)17-20-19-16(23-17)14-5-9-22-10-6-14/h4,7,11,14-15,18H,1-3,5-6,8-10,12H2/t15-/m1/s1. The Balaban J connectivity index is 1.49. The molecular weight excluding hydrogens is 292 g/mol. The number of nitrogens with zero attached hydrogens (tertiary/aromatic N) is 3. The van der Waals surface area contributed by atoms with E-state index in [0.29, 0.717) is 5.92 Å². The lowest BCUT2D eigenvalue weighted by Gasteiger charge is -2.33. The van der Waals surface area contributed by atoms with Gasteiger partial charge in [0.2, 0.25) is 11.8 Å². The second kappa shape index (κ2) is 6.84. The highest BCUT2D eigenvalue weighted by Gasteiger charge is 2.30. The maximum absolute atomic E-state index is 6.08. The fourth-order valence-electron chi connectivity index (χ4n) is 3.64. The number of aromatic amines is 1. The van der Waals surface area contributed by atoms with Crippen molar-refractivity contribution in [2.45, 2.75) is 50.6 Å². The first kappa shape index (κ1) is 14.9. The second-order valence-electron chi connectivity index (χ2n) is 6.57. The second-order valence-corrected chi connectivity index (χ2v) is 6.57. The zero-order valence-corrected chi connectivity index (χ0v) is 13.4. The van der Waals surface area contributed by atoms with Crippen molar-refractivity contribution in [2.24, 2.45) is 0 Å². The summed E-state index contributed by atoms with van der Waals surface area (Å²) in [4.78, 5) is 5.60. The molecule has 124 valence electrons. The average Bonchev–Trinajstić information content (AvgIpc) is 3.28. The van der Waals surface area contributed by atoms with Crippen molar-refractivity contribution in [1.82, 2.24) is 20.1 Å². The number of rotatable bonds is 4. The van der Waals surface area contributed by atoms with Crippen LogP contribution in [0.3, 0.4) is 0 Å². The first-order chi connectivity index (χ1) is 11.4. The molecule has 0 radical (unpaired) electrons. The topological polar surface area (TPSA) is 67.2 Å². The van der Waals surface area contributed by atoms with Gasteiger partial charge in [-0.05, 0) is 43.9 Å². The maximum atomic E-state index is 6.08. The van der Waals surface area contributed by atoms with Crippen molar-refractivity contribution in [3.05, 3.63) is 35.8 Å². The minimum atomic E-state index is 0.250. The number of hydrogen-bond donors (Lipinski definition) is 1. The van der Waals surface area contributed by atoms with Crippen LogP contribution in [0.4, 0.5) is 0 Å². The van der Waals surface area contributed by atoms with E-state index >= 15 is 0 Å². The summed E-state index contributed by atoms with van der Waals surface area (Å²) in [5.41, 5.74) is 1.31. The van der Waals surface area contributed by atoms with Crippen LogP contribution in [-0.2, 0) is 11.3 Å². The van der Waals surface area contributed by atoms with Crippen LogP contribution in [-0.4, -0.2) is 39.8 Å². The number of aromatic nitrogens is 3. The Morgan fingerprint density at radius 1 is 1.13 bits per heavy atom. The molecule has 2 aliphatic rings. The molecule has 0 aliphatic carbocycles. The lowest BCUT2D eigenvalue weighted by molar-refractivity contribution is 0.0768. The number of piperidine rings is 1. The van der Waals surface area contributed by atoms with E-state index in [-0.39, 0.29) is 6.04 Å². The molecule has 0 spiro atoms. The Morgan fingerprint density at radius 3 is 2.83 bits per heavy atom. The molecule has 0 saturated carbocycles. The average molecular weight is 316 g/mol. The largest absolute Gasteiger partial charge is 0.423 e. The third kappa shape index (κ3) is 3.33. The minimum absolute atomic E-state index is 0.250. The molecule has 23 heavy (non-hydrogen) atoms. The SMILES string of the molecule is c1cc(CN2CCCC[C@@H]2c2nnc(C3CCOCC3)o2)c[nH]1. The molecule has 2 fully saturated rings. The molecule has 1 atom stereocenters. The summed E-state index contributed by atoms with van der Waals surface area (Å²) >= 11 is 0. The van der Waals surface area contributed by atoms with E-state index < -0.39 is 0 Å². The van der Waals surface area contributed by atoms with Gasteiger partial charge in [-0.15, -0.1) is 10.2 Å². The molecule has 6 nitrogen and oxygen atoms in total. The lowest BCUT2D eigenvalue weighted by atomic mass is 10.0. The van der Waals surface area contributed by atoms with Crippen LogP contribution in [0.1, 0.15) is 61.4 Å². The van der Waals surface area contributed by atoms with E-state index in [1.54, 1.807) is 0 Å². The van der Waals surface area contributed by atoms with Gasteiger partial charge in [-0.1, -0.05) is 6.42 Å². The molecule has 4 rings (SSSR count). The predicted molar refractivity (Wildman–Crippen MR) is 84.9 cm³/mol. The third-order valence-corrected chi connectivity index (χ3v) is 4.97. The smallest absolute Gasteiger partial charge is 0.233 e. The molecule has 2 aliphatic heterocycles. The molecule has 6 heteroatoms. The number of nitrogens with one attached hydrogen (secondary N) is 1. The van der Waals surface area contributed by atoms with Crippen LogP contribution in [0.5, 0.6) is 0 Å². The molecule has 2 aromatic heterocycles. The van der Waals surface area contributed by atoms with Gasteiger partial charge < -0.3 is 14.1 Å². The van der Waals surface area contributed by atoms with Crippen molar-refractivity contribution in [2.75, 3.05) is 19.8 Å². The number of hydrogen-bond acceptors (Lipinski definition) is 5. The Hall–Kier alpha value is -1.66. The minimum Gasteiger partial charge on any atom is -0.423 e. The van der Waals surface area contributed by atoms with Crippen molar-refractivity contribution in [3.63, 3.8) is 0 Å². The van der Waals surface area contributed by atoms with E-state index in [1.165, 1.54) is 18.4 Å². The zero-order valence-electron chi connectivity index (χ0n) is 13.4. The highest BCUT2D eigenvalue weighted by atomic mass is 16.5. The van der Waals surface area contributed by atoms with E-state index in [4.69, 9.17) is 9.15 Å². The molecule has 0 aromatic carbocycles. The fourth-order valence-corrected chi connectivity index (χ4v) is 3.64. The van der Waals surface area contributed by atoms with Crippen LogP contribution in [0.25, 0.3) is 0 Å². The van der Waals surface area contributed by atoms with Gasteiger partial charge in [0.1, 0.15) is 0 Å². The first-order valence-corrected chi connectivity index (χ1v) is 8.67. The summed E-state index contributed by atoms with van der Waals surface area (Å²) < 4.78 is 11.5. The highest BCUT2D eigenvalue weighted by molar-refractivity contribution is 5.09. The van der Waals surface area contributed by atoms with Crippen molar-refractivity contribution in [3.8, 4) is 0 Å².